The Hall–Kier alpha value is -3.36. The van der Waals surface area contributed by atoms with E-state index in [9.17, 15) is 0 Å². The third kappa shape index (κ3) is 1.57. The van der Waals surface area contributed by atoms with Crippen LogP contribution in [0.4, 0.5) is 0 Å². The van der Waals surface area contributed by atoms with Crippen molar-refractivity contribution in [1.29, 1.82) is 0 Å². The molecule has 0 aromatic heterocycles. The molecule has 1 spiro atoms. The van der Waals surface area contributed by atoms with Gasteiger partial charge in [0.25, 0.3) is 0 Å². The fourth-order valence-corrected chi connectivity index (χ4v) is 121. The molecule has 10 heterocycles. The van der Waals surface area contributed by atoms with Crippen molar-refractivity contribution < 1.29 is 25.5 Å². The first-order valence-corrected chi connectivity index (χ1v) is 32.0. The van der Waals surface area contributed by atoms with Gasteiger partial charge in [-0.2, -0.15) is 0 Å². The van der Waals surface area contributed by atoms with Crippen molar-refractivity contribution in [2.75, 3.05) is 42.5 Å². The van der Waals surface area contributed by atoms with E-state index in [2.05, 4.69) is 147 Å². The predicted molar refractivity (Wildman–Crippen MR) is 260 cm³/mol. The van der Waals surface area contributed by atoms with Crippen molar-refractivity contribution in [3.63, 3.8) is 0 Å². The van der Waals surface area contributed by atoms with E-state index in [1.165, 1.54) is 55.1 Å². The van der Waals surface area contributed by atoms with Crippen molar-refractivity contribution >= 4 is 42.4 Å². The summed E-state index contributed by atoms with van der Waals surface area (Å²) in [6.45, 7) is 13.7. The Balaban J connectivity index is 1.00. The number of hydrogen-bond acceptors (Lipinski definition) is 5. The fraction of sp³-hybridized carbons (Fsp3) is 0.455. The number of hydrogen-bond donors (Lipinski definition) is 0. The van der Waals surface area contributed by atoms with Crippen LogP contribution in [0.15, 0.2) is 72.8 Å². The van der Waals surface area contributed by atoms with Crippen molar-refractivity contribution in [2.24, 2.45) is 0 Å². The number of benzene rings is 5. The van der Waals surface area contributed by atoms with E-state index in [0.717, 1.165) is 61.5 Å². The van der Waals surface area contributed by atoms with Crippen molar-refractivity contribution in [3.05, 3.63) is 123 Å². The van der Waals surface area contributed by atoms with Gasteiger partial charge in [-0.05, 0) is 0 Å². The van der Waals surface area contributed by atoms with E-state index in [4.69, 9.17) is 18.9 Å². The van der Waals surface area contributed by atoms with Crippen LogP contribution in [-0.4, -0.2) is 51.5 Å². The van der Waals surface area contributed by atoms with E-state index in [1.54, 1.807) is 21.5 Å². The molecule has 5 aromatic rings. The Morgan fingerprint density at radius 2 is 0.841 bits per heavy atom. The summed E-state index contributed by atoms with van der Waals surface area (Å²) in [5.41, 5.74) is 11.6. The Kier molecular flexibility index (Phi) is 4.59. The summed E-state index contributed by atoms with van der Waals surface area (Å²) in [6, 6.07) is 30.5. The van der Waals surface area contributed by atoms with Gasteiger partial charge in [-0.1, -0.05) is 0 Å². The van der Waals surface area contributed by atoms with Gasteiger partial charge in [0.1, 0.15) is 0 Å². The molecular formula is C55H63FeNO4P2. The molecule has 0 N–H and O–H groups in total. The molecule has 0 aliphatic carbocycles. The number of aryl methyl sites for hydroxylation is 8. The quantitative estimate of drug-likeness (QED) is 0.0869. The van der Waals surface area contributed by atoms with Gasteiger partial charge >= 0.3 is 369 Å². The Labute approximate surface area is 367 Å². The molecule has 15 rings (SSSR count). The SMILES string of the molecule is COc1c(C)cc(P(c2cc(C)c(OC)c(C)c2)c2ccccc2[C@@H](N(C)C)[C]23[CH]4[CH]5[CH]6[C@]2(P(c2cc(C)c(OC)c(C)c2)c2cc(C)c(OC)c(C)c2)[Fe]54632789[CH]3[CH]2[CH]7[CH]8[CH]39)cc1C. The van der Waals surface area contributed by atoms with Gasteiger partial charge in [0.05, 0.1) is 0 Å². The van der Waals surface area contributed by atoms with Gasteiger partial charge < -0.3 is 0 Å². The Bertz CT molecular complexity index is 3180. The topological polar surface area (TPSA) is 40.2 Å². The molecule has 63 heavy (non-hydrogen) atoms. The van der Waals surface area contributed by atoms with E-state index in [-0.39, 0.29) is 0 Å². The summed E-state index contributed by atoms with van der Waals surface area (Å²) in [7, 11) is 10.7. The second-order valence-electron chi connectivity index (χ2n) is 23.8. The van der Waals surface area contributed by atoms with Crippen molar-refractivity contribution in [1.82, 2.24) is 4.90 Å². The molecule has 10 aliphatic rings. The van der Waals surface area contributed by atoms with Gasteiger partial charge in [-0.25, -0.2) is 0 Å². The van der Waals surface area contributed by atoms with Crippen LogP contribution in [0.1, 0.15) is 56.1 Å². The second kappa shape index (κ2) is 7.64. The van der Waals surface area contributed by atoms with Crippen LogP contribution in [0.5, 0.6) is 23.0 Å². The third-order valence-corrected chi connectivity index (χ3v) is 77.6. The van der Waals surface area contributed by atoms with E-state index >= 15 is 0 Å². The molecule has 5 nitrogen and oxygen atoms in total. The predicted octanol–water partition coefficient (Wildman–Crippen LogP) is 11.3. The van der Waals surface area contributed by atoms with Gasteiger partial charge in [0.2, 0.25) is 0 Å². The first-order valence-electron chi connectivity index (χ1n) is 23.1. The first-order chi connectivity index (χ1) is 29.9. The first kappa shape index (κ1) is 37.8. The molecular weight excluding hydrogens is 856 g/mol. The number of rotatable bonds is 13. The molecule has 6 atom stereocenters. The third-order valence-electron chi connectivity index (χ3n) is 25.2. The van der Waals surface area contributed by atoms with Crippen molar-refractivity contribution in [2.45, 2.75) is 108 Å². The van der Waals surface area contributed by atoms with Crippen LogP contribution in [0, 0.1) is 55.4 Å². The van der Waals surface area contributed by atoms with E-state index < -0.39 is 22.4 Å². The fourth-order valence-electron chi connectivity index (χ4n) is 26.3. The standard InChI is InChI=1S/C50H58NO4P2.C5H5.Fe/c1-30-22-38(23-31(2)47(30)52-11)56(39-24-32(3)48(53-12)33(4)25-39)44-20-16-15-18-42(44)46(51(9)10)43-19-17-21-45(43)57(40-26-34(5)49(54-13)35(6)27-40)41-28-36(7)50(55-14)37(8)29-41;1-2-4-5-3-1;/h15-29,46H,1-14H3;1-5H;/t46-;;/m1../s1. The zero-order valence-electron chi connectivity index (χ0n) is 39.5. The van der Waals surface area contributed by atoms with Gasteiger partial charge in [-0.15, -0.1) is 0 Å². The molecule has 0 radical (unpaired) electrons. The zero-order valence-corrected chi connectivity index (χ0v) is 42.3. The monoisotopic (exact) mass is 919 g/mol. The summed E-state index contributed by atoms with van der Waals surface area (Å²) in [4.78, 5) is 11.6. The molecule has 0 amide bonds. The second-order valence-corrected chi connectivity index (χ2v) is 52.1. The molecule has 10 aliphatic heterocycles. The summed E-state index contributed by atoms with van der Waals surface area (Å²) in [5.74, 6) is 4.10. The molecule has 8 heteroatoms. The van der Waals surface area contributed by atoms with Crippen molar-refractivity contribution in [3.8, 4) is 23.0 Å². The maximum atomic E-state index is 6.09. The summed E-state index contributed by atoms with van der Waals surface area (Å²) in [5, 5.41) is 7.61. The normalized spacial score (nSPS) is 42.5. The van der Waals surface area contributed by atoms with Crippen LogP contribution in [0.3, 0.4) is 0 Å². The average molecular weight is 920 g/mol. The van der Waals surface area contributed by atoms with Crippen LogP contribution < -0.4 is 45.5 Å². The maximum absolute atomic E-state index is 6.09. The molecule has 10 saturated heterocycles. The van der Waals surface area contributed by atoms with Gasteiger partial charge in [0.15, 0.2) is 0 Å². The number of fused-ring (bicyclic) bond motifs is 10. The summed E-state index contributed by atoms with van der Waals surface area (Å²) < 4.78 is 25.1. The van der Waals surface area contributed by atoms with Crippen LogP contribution in [-0.2, 0) is 6.51 Å². The van der Waals surface area contributed by atoms with Gasteiger partial charge in [0, 0.05) is 0 Å². The Morgan fingerprint density at radius 1 is 0.492 bits per heavy atom. The molecule has 5 aromatic carbocycles. The number of nitrogens with zero attached hydrogens (tertiary/aromatic N) is 1. The summed E-state index contributed by atoms with van der Waals surface area (Å²) >= 11 is 0. The molecule has 330 valence electrons. The minimum atomic E-state index is -4.38. The number of ether oxygens (including phenoxy) is 4. The molecule has 10 fully saturated rings. The molecule has 0 bridgehead atoms. The van der Waals surface area contributed by atoms with Crippen LogP contribution in [0.2, 0.25) is 42.8 Å². The average Bonchev–Trinajstić information content (AvgIpc) is 4.18. The van der Waals surface area contributed by atoms with E-state index in [1.807, 2.05) is 28.4 Å². The van der Waals surface area contributed by atoms with Gasteiger partial charge in [-0.3, -0.25) is 0 Å². The molecule has 4 unspecified atom stereocenters. The zero-order chi connectivity index (χ0) is 44.0. The van der Waals surface area contributed by atoms with Crippen LogP contribution in [0.25, 0.3) is 0 Å². The molecule has 0 saturated carbocycles. The minimum absolute atomic E-state index is 0.398. The van der Waals surface area contributed by atoms with Crippen LogP contribution >= 0.6 is 15.8 Å². The number of methoxy groups -OCH3 is 4. The van der Waals surface area contributed by atoms with E-state index in [0.29, 0.717) is 14.4 Å². The summed E-state index contributed by atoms with van der Waals surface area (Å²) in [6.07, 6.45) is 0. The Morgan fingerprint density at radius 3 is 1.16 bits per heavy atom.